The molecule has 1 aliphatic rings. The Morgan fingerprint density at radius 1 is 1.57 bits per heavy atom. The topological polar surface area (TPSA) is 86.7 Å². The molecule has 0 spiro atoms. The maximum Gasteiger partial charge on any atom is 0.407 e. The zero-order valence-electron chi connectivity index (χ0n) is 8.10. The summed E-state index contributed by atoms with van der Waals surface area (Å²) < 4.78 is 24.2. The molecule has 14 heavy (non-hydrogen) atoms. The SMILES string of the molecule is C[C@H]1C[C@H](NS(C)(=O)=O)CN1C(=O)O. The number of sulfonamides is 1. The van der Waals surface area contributed by atoms with E-state index in [-0.39, 0.29) is 18.6 Å². The lowest BCUT2D eigenvalue weighted by Gasteiger charge is -2.16. The summed E-state index contributed by atoms with van der Waals surface area (Å²) in [5.74, 6) is 0. The van der Waals surface area contributed by atoms with Gasteiger partial charge in [-0.05, 0) is 13.3 Å². The van der Waals surface area contributed by atoms with Gasteiger partial charge in [0.25, 0.3) is 0 Å². The van der Waals surface area contributed by atoms with E-state index in [1.54, 1.807) is 6.92 Å². The molecule has 1 amide bonds. The smallest absolute Gasteiger partial charge is 0.407 e. The number of hydrogen-bond donors (Lipinski definition) is 2. The highest BCUT2D eigenvalue weighted by Gasteiger charge is 2.33. The quantitative estimate of drug-likeness (QED) is 0.670. The molecule has 2 atom stereocenters. The van der Waals surface area contributed by atoms with Crippen molar-refractivity contribution >= 4 is 16.1 Å². The van der Waals surface area contributed by atoms with Gasteiger partial charge in [-0.2, -0.15) is 0 Å². The summed E-state index contributed by atoms with van der Waals surface area (Å²) in [6.45, 7) is 1.99. The first-order chi connectivity index (χ1) is 6.29. The summed E-state index contributed by atoms with van der Waals surface area (Å²) >= 11 is 0. The number of carboxylic acid groups (broad SMARTS) is 1. The van der Waals surface area contributed by atoms with Gasteiger partial charge in [0, 0.05) is 18.6 Å². The molecule has 82 valence electrons. The van der Waals surface area contributed by atoms with E-state index < -0.39 is 16.1 Å². The average Bonchev–Trinajstić information content (AvgIpc) is 2.26. The fourth-order valence-corrected chi connectivity index (χ4v) is 2.46. The van der Waals surface area contributed by atoms with Gasteiger partial charge in [-0.25, -0.2) is 17.9 Å². The summed E-state index contributed by atoms with van der Waals surface area (Å²) in [6, 6.07) is -0.428. The van der Waals surface area contributed by atoms with Crippen molar-refractivity contribution in [2.24, 2.45) is 0 Å². The van der Waals surface area contributed by atoms with E-state index in [4.69, 9.17) is 5.11 Å². The average molecular weight is 222 g/mol. The zero-order chi connectivity index (χ0) is 10.9. The van der Waals surface area contributed by atoms with Gasteiger partial charge in [0.15, 0.2) is 0 Å². The molecule has 2 N–H and O–H groups in total. The molecule has 0 aliphatic carbocycles. The van der Waals surface area contributed by atoms with Crippen LogP contribution in [0, 0.1) is 0 Å². The van der Waals surface area contributed by atoms with Crippen LogP contribution >= 0.6 is 0 Å². The maximum atomic E-state index is 10.9. The number of rotatable bonds is 2. The van der Waals surface area contributed by atoms with Crippen LogP contribution in [0.5, 0.6) is 0 Å². The van der Waals surface area contributed by atoms with Gasteiger partial charge in [-0.1, -0.05) is 0 Å². The Bertz CT molecular complexity index is 327. The van der Waals surface area contributed by atoms with E-state index in [1.807, 2.05) is 0 Å². The van der Waals surface area contributed by atoms with Crippen molar-refractivity contribution in [3.63, 3.8) is 0 Å². The summed E-state index contributed by atoms with van der Waals surface area (Å²) in [4.78, 5) is 11.9. The molecule has 7 heteroatoms. The minimum Gasteiger partial charge on any atom is -0.465 e. The highest BCUT2D eigenvalue weighted by Crippen LogP contribution is 2.17. The second kappa shape index (κ2) is 3.74. The van der Waals surface area contributed by atoms with E-state index in [1.165, 1.54) is 4.90 Å². The molecular formula is C7H14N2O4S. The summed E-state index contributed by atoms with van der Waals surface area (Å²) in [5.41, 5.74) is 0. The summed E-state index contributed by atoms with van der Waals surface area (Å²) in [5, 5.41) is 8.75. The van der Waals surface area contributed by atoms with E-state index in [2.05, 4.69) is 4.72 Å². The minimum absolute atomic E-state index is 0.133. The van der Waals surface area contributed by atoms with Gasteiger partial charge >= 0.3 is 6.09 Å². The first-order valence-electron chi connectivity index (χ1n) is 4.26. The largest absolute Gasteiger partial charge is 0.465 e. The third kappa shape index (κ3) is 2.85. The summed E-state index contributed by atoms with van der Waals surface area (Å²) in [7, 11) is -3.25. The predicted octanol–water partition coefficient (Wildman–Crippen LogP) is -0.324. The third-order valence-corrected chi connectivity index (χ3v) is 2.96. The minimum atomic E-state index is -3.25. The molecule has 6 nitrogen and oxygen atoms in total. The lowest BCUT2D eigenvalue weighted by molar-refractivity contribution is 0.143. The number of amides is 1. The fourth-order valence-electron chi connectivity index (χ4n) is 1.69. The normalized spacial score (nSPS) is 28.0. The number of nitrogens with one attached hydrogen (secondary N) is 1. The van der Waals surface area contributed by atoms with Crippen molar-refractivity contribution in [2.75, 3.05) is 12.8 Å². The molecular weight excluding hydrogens is 208 g/mol. The van der Waals surface area contributed by atoms with E-state index in [9.17, 15) is 13.2 Å². The van der Waals surface area contributed by atoms with Gasteiger partial charge in [-0.3, -0.25) is 0 Å². The Morgan fingerprint density at radius 3 is 2.50 bits per heavy atom. The van der Waals surface area contributed by atoms with Gasteiger partial charge in [0.1, 0.15) is 0 Å². The second-order valence-corrected chi connectivity index (χ2v) is 5.39. The molecule has 0 bridgehead atoms. The fraction of sp³-hybridized carbons (Fsp3) is 0.857. The molecule has 1 aliphatic heterocycles. The molecule has 0 saturated carbocycles. The van der Waals surface area contributed by atoms with Crippen molar-refractivity contribution < 1.29 is 18.3 Å². The molecule has 1 heterocycles. The van der Waals surface area contributed by atoms with Crippen LogP contribution in [0.25, 0.3) is 0 Å². The molecule has 1 saturated heterocycles. The Morgan fingerprint density at radius 2 is 2.14 bits per heavy atom. The van der Waals surface area contributed by atoms with Crippen molar-refractivity contribution in [1.29, 1.82) is 0 Å². The Labute approximate surface area is 82.9 Å². The summed E-state index contributed by atoms with van der Waals surface area (Å²) in [6.07, 6.45) is 0.593. The van der Waals surface area contributed by atoms with Crippen molar-refractivity contribution in [1.82, 2.24) is 9.62 Å². The van der Waals surface area contributed by atoms with Crippen LogP contribution in [0.2, 0.25) is 0 Å². The standard InChI is InChI=1S/C7H14N2O4S/c1-5-3-6(8-14(2,12)13)4-9(5)7(10)11/h5-6,8H,3-4H2,1-2H3,(H,10,11)/t5-,6-/m0/s1. The van der Waals surface area contributed by atoms with Crippen LogP contribution in [0.15, 0.2) is 0 Å². The lowest BCUT2D eigenvalue weighted by Crippen LogP contribution is -2.38. The Hall–Kier alpha value is -0.820. The van der Waals surface area contributed by atoms with Crippen LogP contribution in [-0.4, -0.2) is 49.4 Å². The van der Waals surface area contributed by atoms with Crippen LogP contribution in [-0.2, 0) is 10.0 Å². The van der Waals surface area contributed by atoms with Crippen LogP contribution < -0.4 is 4.72 Å². The highest BCUT2D eigenvalue weighted by molar-refractivity contribution is 7.88. The number of hydrogen-bond acceptors (Lipinski definition) is 3. The predicted molar refractivity (Wildman–Crippen MR) is 50.6 cm³/mol. The lowest BCUT2D eigenvalue weighted by atomic mass is 10.2. The number of carbonyl (C=O) groups is 1. The van der Waals surface area contributed by atoms with E-state index in [0.717, 1.165) is 6.26 Å². The van der Waals surface area contributed by atoms with Gasteiger partial charge in [0.05, 0.1) is 6.26 Å². The molecule has 0 aromatic carbocycles. The molecule has 0 radical (unpaired) electrons. The molecule has 0 aromatic rings. The first kappa shape index (κ1) is 11.3. The maximum absolute atomic E-state index is 10.9. The van der Waals surface area contributed by atoms with Crippen LogP contribution in [0.1, 0.15) is 13.3 Å². The van der Waals surface area contributed by atoms with Crippen molar-refractivity contribution in [3.8, 4) is 0 Å². The zero-order valence-corrected chi connectivity index (χ0v) is 8.91. The highest BCUT2D eigenvalue weighted by atomic mass is 32.2. The monoisotopic (exact) mass is 222 g/mol. The Kier molecular flexibility index (Phi) is 3.01. The molecule has 1 fully saturated rings. The molecule has 1 rings (SSSR count). The Balaban J connectivity index is 2.60. The van der Waals surface area contributed by atoms with Gasteiger partial charge < -0.3 is 10.0 Å². The first-order valence-corrected chi connectivity index (χ1v) is 6.15. The van der Waals surface area contributed by atoms with Crippen molar-refractivity contribution in [3.05, 3.63) is 0 Å². The van der Waals surface area contributed by atoms with Gasteiger partial charge in [0.2, 0.25) is 10.0 Å². The van der Waals surface area contributed by atoms with Crippen LogP contribution in [0.4, 0.5) is 4.79 Å². The number of likely N-dealkylation sites (tertiary alicyclic amines) is 1. The molecule has 0 aromatic heterocycles. The third-order valence-electron chi connectivity index (χ3n) is 2.20. The second-order valence-electron chi connectivity index (χ2n) is 3.61. The van der Waals surface area contributed by atoms with E-state index in [0.29, 0.717) is 6.42 Å². The number of nitrogens with zero attached hydrogens (tertiary/aromatic N) is 1. The van der Waals surface area contributed by atoms with Crippen LogP contribution in [0.3, 0.4) is 0 Å². The van der Waals surface area contributed by atoms with Gasteiger partial charge in [-0.15, -0.1) is 0 Å². The molecule has 0 unspecified atom stereocenters. The van der Waals surface area contributed by atoms with E-state index >= 15 is 0 Å². The van der Waals surface area contributed by atoms with Crippen molar-refractivity contribution in [2.45, 2.75) is 25.4 Å².